The second kappa shape index (κ2) is 11.2. The molecule has 1 atom stereocenters. The lowest BCUT2D eigenvalue weighted by atomic mass is 10.00. The van der Waals surface area contributed by atoms with Gasteiger partial charge >= 0.3 is 0 Å². The smallest absolute Gasteiger partial charge is 0.217 e. The lowest BCUT2D eigenvalue weighted by molar-refractivity contribution is -0.376. The standard InChI is InChI=1S/C28H30FN5O4/c1-19-15-33(17-31-19)25-9-4-21(14-26(25)36-3)10-12-30-28-32(16-27-37-20(2)38-27)13-11-24(34(28)18-35)22-5-7-23(29)8-6-22/h4-10,12,14-15,17-18,20,24,27H,11,13,16H2,1-3H3/b12-10-,30-28-. The van der Waals surface area contributed by atoms with Crippen molar-refractivity contribution in [2.24, 2.45) is 4.99 Å². The molecule has 2 aliphatic rings. The molecule has 3 aromatic rings. The Morgan fingerprint density at radius 2 is 2.00 bits per heavy atom. The molecule has 0 radical (unpaired) electrons. The highest BCUT2D eigenvalue weighted by Crippen LogP contribution is 2.31. The Hall–Kier alpha value is -4.02. The first-order chi connectivity index (χ1) is 18.4. The second-order valence-electron chi connectivity index (χ2n) is 9.18. The number of hydrogen-bond acceptors (Lipinski definition) is 6. The molecular formula is C28H30FN5O4. The number of amides is 1. The Bertz CT molecular complexity index is 1330. The average Bonchev–Trinajstić information content (AvgIpc) is 3.34. The molecule has 0 bridgehead atoms. The first-order valence-electron chi connectivity index (χ1n) is 12.4. The van der Waals surface area contributed by atoms with Gasteiger partial charge in [0, 0.05) is 18.9 Å². The van der Waals surface area contributed by atoms with Crippen molar-refractivity contribution in [3.63, 3.8) is 0 Å². The summed E-state index contributed by atoms with van der Waals surface area (Å²) in [5.74, 6) is 0.843. The van der Waals surface area contributed by atoms with Crippen LogP contribution in [0.3, 0.4) is 0 Å². The second-order valence-corrected chi connectivity index (χ2v) is 9.18. The molecule has 2 aromatic carbocycles. The van der Waals surface area contributed by atoms with E-state index in [-0.39, 0.29) is 18.1 Å². The average molecular weight is 520 g/mol. The summed E-state index contributed by atoms with van der Waals surface area (Å²) in [6.07, 6.45) is 7.96. The number of nitrogens with zero attached hydrogens (tertiary/aromatic N) is 5. The summed E-state index contributed by atoms with van der Waals surface area (Å²) in [7, 11) is 1.62. The van der Waals surface area contributed by atoms with Crippen molar-refractivity contribution >= 4 is 18.4 Å². The van der Waals surface area contributed by atoms with E-state index in [0.717, 1.165) is 28.9 Å². The number of carbonyl (C=O) groups is 1. The molecule has 0 N–H and O–H groups in total. The largest absolute Gasteiger partial charge is 0.495 e. The molecule has 5 rings (SSSR count). The highest BCUT2D eigenvalue weighted by molar-refractivity contribution is 5.91. The Labute approximate surface area is 220 Å². The highest BCUT2D eigenvalue weighted by Gasteiger charge is 2.36. The molecule has 2 aliphatic heterocycles. The van der Waals surface area contributed by atoms with E-state index in [0.29, 0.717) is 31.2 Å². The maximum atomic E-state index is 13.5. The third kappa shape index (κ3) is 5.46. The maximum Gasteiger partial charge on any atom is 0.217 e. The molecular weight excluding hydrogens is 489 g/mol. The quantitative estimate of drug-likeness (QED) is 0.414. The van der Waals surface area contributed by atoms with E-state index in [9.17, 15) is 9.18 Å². The number of carbonyl (C=O) groups excluding carboxylic acids is 1. The van der Waals surface area contributed by atoms with Gasteiger partial charge in [-0.25, -0.2) is 14.4 Å². The van der Waals surface area contributed by atoms with Gasteiger partial charge in [-0.05, 0) is 61.7 Å². The van der Waals surface area contributed by atoms with Crippen LogP contribution in [-0.2, 0) is 14.3 Å². The number of halogens is 1. The number of aliphatic imine (C=N–C) groups is 1. The van der Waals surface area contributed by atoms with Crippen LogP contribution in [0, 0.1) is 12.7 Å². The topological polar surface area (TPSA) is 81.4 Å². The Balaban J connectivity index is 1.42. The molecule has 3 heterocycles. The van der Waals surface area contributed by atoms with E-state index in [4.69, 9.17) is 19.2 Å². The summed E-state index contributed by atoms with van der Waals surface area (Å²) in [6.45, 7) is 4.83. The van der Waals surface area contributed by atoms with Gasteiger partial charge in [0.2, 0.25) is 12.4 Å². The lowest BCUT2D eigenvalue weighted by Gasteiger charge is -2.44. The molecule has 38 heavy (non-hydrogen) atoms. The normalized spacial score (nSPS) is 22.6. The van der Waals surface area contributed by atoms with Gasteiger partial charge in [0.15, 0.2) is 12.6 Å². The maximum absolute atomic E-state index is 13.5. The molecule has 0 spiro atoms. The monoisotopic (exact) mass is 519 g/mol. The van der Waals surface area contributed by atoms with Gasteiger partial charge in [0.25, 0.3) is 0 Å². The van der Waals surface area contributed by atoms with E-state index in [1.165, 1.54) is 12.1 Å². The number of guanidine groups is 1. The molecule has 9 nitrogen and oxygen atoms in total. The number of methoxy groups -OCH3 is 1. The van der Waals surface area contributed by atoms with E-state index in [2.05, 4.69) is 4.98 Å². The van der Waals surface area contributed by atoms with Gasteiger partial charge in [-0.2, -0.15) is 0 Å². The molecule has 1 amide bonds. The van der Waals surface area contributed by atoms with Crippen molar-refractivity contribution in [2.75, 3.05) is 20.2 Å². The van der Waals surface area contributed by atoms with Crippen LogP contribution in [0.4, 0.5) is 4.39 Å². The highest BCUT2D eigenvalue weighted by atomic mass is 19.1. The summed E-state index contributed by atoms with van der Waals surface area (Å²) < 4.78 is 32.3. The minimum Gasteiger partial charge on any atom is -0.495 e. The van der Waals surface area contributed by atoms with Crippen LogP contribution in [-0.4, -0.2) is 64.5 Å². The zero-order chi connectivity index (χ0) is 26.6. The van der Waals surface area contributed by atoms with Crippen LogP contribution < -0.4 is 4.74 Å². The van der Waals surface area contributed by atoms with Gasteiger partial charge in [0.1, 0.15) is 11.6 Å². The van der Waals surface area contributed by atoms with Crippen LogP contribution >= 0.6 is 0 Å². The fourth-order valence-corrected chi connectivity index (χ4v) is 4.73. The van der Waals surface area contributed by atoms with Crippen LogP contribution in [0.15, 0.2) is 66.2 Å². The van der Waals surface area contributed by atoms with Crippen molar-refractivity contribution in [3.8, 4) is 11.4 Å². The van der Waals surface area contributed by atoms with Gasteiger partial charge in [0.05, 0.1) is 37.4 Å². The summed E-state index contributed by atoms with van der Waals surface area (Å²) in [6, 6.07) is 11.8. The van der Waals surface area contributed by atoms with Crippen LogP contribution in [0.1, 0.15) is 36.2 Å². The summed E-state index contributed by atoms with van der Waals surface area (Å²) in [5.41, 5.74) is 3.50. The molecule has 198 valence electrons. The van der Waals surface area contributed by atoms with Crippen LogP contribution in [0.25, 0.3) is 11.8 Å². The Morgan fingerprint density at radius 3 is 2.66 bits per heavy atom. The zero-order valence-electron chi connectivity index (χ0n) is 21.5. The number of aromatic nitrogens is 2. The molecule has 0 aliphatic carbocycles. The summed E-state index contributed by atoms with van der Waals surface area (Å²) in [4.78, 5) is 24.8. The van der Waals surface area contributed by atoms with Crippen LogP contribution in [0.2, 0.25) is 0 Å². The number of imidazole rings is 1. The Morgan fingerprint density at radius 1 is 1.21 bits per heavy atom. The lowest BCUT2D eigenvalue weighted by Crippen LogP contribution is -2.56. The minimum absolute atomic E-state index is 0.247. The molecule has 1 aromatic heterocycles. The van der Waals surface area contributed by atoms with E-state index in [1.807, 2.05) is 53.8 Å². The predicted molar refractivity (Wildman–Crippen MR) is 140 cm³/mol. The first kappa shape index (κ1) is 25.6. The van der Waals surface area contributed by atoms with Crippen LogP contribution in [0.5, 0.6) is 5.75 Å². The molecule has 2 fully saturated rings. The van der Waals surface area contributed by atoms with Crippen molar-refractivity contribution in [1.82, 2.24) is 19.4 Å². The minimum atomic E-state index is -0.390. The summed E-state index contributed by atoms with van der Waals surface area (Å²) in [5, 5.41) is 0. The van der Waals surface area contributed by atoms with Gasteiger partial charge in [-0.1, -0.05) is 18.2 Å². The third-order valence-corrected chi connectivity index (χ3v) is 6.60. The predicted octanol–water partition coefficient (Wildman–Crippen LogP) is 4.28. The van der Waals surface area contributed by atoms with Gasteiger partial charge < -0.3 is 23.7 Å². The Kier molecular flexibility index (Phi) is 7.52. The number of ether oxygens (including phenoxy) is 3. The number of aryl methyl sites for hydroxylation is 1. The molecule has 2 saturated heterocycles. The number of benzene rings is 2. The summed E-state index contributed by atoms with van der Waals surface area (Å²) >= 11 is 0. The van der Waals surface area contributed by atoms with E-state index < -0.39 is 6.29 Å². The first-order valence-corrected chi connectivity index (χ1v) is 12.4. The fourth-order valence-electron chi connectivity index (χ4n) is 4.73. The fraction of sp³-hybridized carbons (Fsp3) is 0.321. The SMILES string of the molecule is COc1cc(/C=C\N=C2\N(CC3OC(C)O3)CCC(c3ccc(F)cc3)N2C=O)ccc1-n1cnc(C)c1. The molecule has 10 heteroatoms. The van der Waals surface area contributed by atoms with Crippen molar-refractivity contribution < 1.29 is 23.4 Å². The van der Waals surface area contributed by atoms with E-state index >= 15 is 0 Å². The van der Waals surface area contributed by atoms with Gasteiger partial charge in [-0.15, -0.1) is 0 Å². The molecule has 0 saturated carbocycles. The number of hydrogen-bond donors (Lipinski definition) is 0. The zero-order valence-corrected chi connectivity index (χ0v) is 21.5. The van der Waals surface area contributed by atoms with E-state index in [1.54, 1.807) is 36.7 Å². The third-order valence-electron chi connectivity index (χ3n) is 6.60. The van der Waals surface area contributed by atoms with Crippen molar-refractivity contribution in [2.45, 2.75) is 38.9 Å². The van der Waals surface area contributed by atoms with Crippen molar-refractivity contribution in [3.05, 3.63) is 83.8 Å². The number of rotatable bonds is 8. The van der Waals surface area contributed by atoms with Crippen molar-refractivity contribution in [1.29, 1.82) is 0 Å². The molecule has 1 unspecified atom stereocenters. The van der Waals surface area contributed by atoms with Gasteiger partial charge in [-0.3, -0.25) is 9.69 Å².